The molecule has 1 heterocycles. The minimum absolute atomic E-state index is 0.100. The molecule has 0 aliphatic heterocycles. The van der Waals surface area contributed by atoms with E-state index in [9.17, 15) is 4.79 Å². The van der Waals surface area contributed by atoms with E-state index < -0.39 is 0 Å². The number of amides is 1. The third-order valence-electron chi connectivity index (χ3n) is 2.61. The number of halogens is 1. The van der Waals surface area contributed by atoms with Gasteiger partial charge in [-0.05, 0) is 17.9 Å². The second-order valence-corrected chi connectivity index (χ2v) is 5.43. The molecule has 1 aromatic heterocycles. The third-order valence-corrected chi connectivity index (χ3v) is 4.29. The zero-order valence-corrected chi connectivity index (χ0v) is 12.0. The first-order valence-corrected chi connectivity index (χ1v) is 6.60. The molecule has 0 saturated carbocycles. The summed E-state index contributed by atoms with van der Waals surface area (Å²) < 4.78 is 0. The monoisotopic (exact) mass is 289 g/mol. The molecule has 0 saturated heterocycles. The van der Waals surface area contributed by atoms with E-state index in [0.29, 0.717) is 16.4 Å². The Hall–Kier alpha value is -1.27. The Bertz CT molecular complexity index is 473. The lowest BCUT2D eigenvalue weighted by atomic mass is 10.1. The number of hydrogen-bond donors (Lipinski definition) is 2. The normalized spacial score (nSPS) is 13.4. The van der Waals surface area contributed by atoms with Gasteiger partial charge in [-0.15, -0.1) is 11.3 Å². The van der Waals surface area contributed by atoms with Gasteiger partial charge in [0.25, 0.3) is 5.91 Å². The van der Waals surface area contributed by atoms with Gasteiger partial charge in [0.15, 0.2) is 0 Å². The molecule has 0 aliphatic carbocycles. The first-order valence-electron chi connectivity index (χ1n) is 5.35. The maximum absolute atomic E-state index is 12.1. The minimum atomic E-state index is -0.219. The van der Waals surface area contributed by atoms with Gasteiger partial charge in [0.1, 0.15) is 10.7 Å². The fraction of sp³-hybridized carbons (Fsp3) is 0.455. The van der Waals surface area contributed by atoms with E-state index >= 15 is 0 Å². The largest absolute Gasteiger partial charge is 0.409 e. The number of aryl methyl sites for hydroxylation is 1. The minimum Gasteiger partial charge on any atom is -0.409 e. The van der Waals surface area contributed by atoms with Crippen molar-refractivity contribution in [2.45, 2.75) is 13.8 Å². The summed E-state index contributed by atoms with van der Waals surface area (Å²) >= 11 is 7.37. The first-order chi connectivity index (χ1) is 8.38. The van der Waals surface area contributed by atoms with E-state index in [0.717, 1.165) is 5.56 Å². The second-order valence-electron chi connectivity index (χ2n) is 4.17. The summed E-state index contributed by atoms with van der Waals surface area (Å²) in [7, 11) is 1.66. The third kappa shape index (κ3) is 3.14. The summed E-state index contributed by atoms with van der Waals surface area (Å²) in [6.07, 6.45) is 0. The van der Waals surface area contributed by atoms with E-state index in [1.165, 1.54) is 16.2 Å². The molecule has 100 valence electrons. The Morgan fingerprint density at radius 1 is 1.72 bits per heavy atom. The molecule has 0 aliphatic rings. The molecule has 0 radical (unpaired) electrons. The number of carbonyl (C=O) groups excluding carboxylic acids is 1. The SMILES string of the molecule is Cc1csc(C(=O)N(C)CC(C)/C(N)=N/O)c1Cl. The van der Waals surface area contributed by atoms with E-state index in [-0.39, 0.29) is 17.7 Å². The highest BCUT2D eigenvalue weighted by Crippen LogP contribution is 2.28. The van der Waals surface area contributed by atoms with E-state index in [1.807, 2.05) is 12.3 Å². The summed E-state index contributed by atoms with van der Waals surface area (Å²) in [5.74, 6) is -0.275. The summed E-state index contributed by atoms with van der Waals surface area (Å²) in [4.78, 5) is 14.2. The highest BCUT2D eigenvalue weighted by atomic mass is 35.5. The van der Waals surface area contributed by atoms with Gasteiger partial charge in [-0.1, -0.05) is 23.7 Å². The van der Waals surface area contributed by atoms with Crippen molar-refractivity contribution in [3.63, 3.8) is 0 Å². The molecule has 1 atom stereocenters. The summed E-state index contributed by atoms with van der Waals surface area (Å²) in [5, 5.41) is 13.8. The molecule has 5 nitrogen and oxygen atoms in total. The molecule has 7 heteroatoms. The molecule has 3 N–H and O–H groups in total. The zero-order chi connectivity index (χ0) is 13.9. The topological polar surface area (TPSA) is 78.9 Å². The number of nitrogens with zero attached hydrogens (tertiary/aromatic N) is 2. The molecular weight excluding hydrogens is 274 g/mol. The lowest BCUT2D eigenvalue weighted by Crippen LogP contribution is -2.36. The molecule has 0 fully saturated rings. The van der Waals surface area contributed by atoms with Gasteiger partial charge in [-0.2, -0.15) is 0 Å². The van der Waals surface area contributed by atoms with Crippen molar-refractivity contribution in [1.29, 1.82) is 0 Å². The van der Waals surface area contributed by atoms with Crippen LogP contribution in [-0.4, -0.2) is 35.4 Å². The van der Waals surface area contributed by atoms with Gasteiger partial charge >= 0.3 is 0 Å². The molecule has 1 aromatic rings. The molecule has 18 heavy (non-hydrogen) atoms. The average Bonchev–Trinajstić information content (AvgIpc) is 2.67. The lowest BCUT2D eigenvalue weighted by molar-refractivity contribution is 0.0791. The summed E-state index contributed by atoms with van der Waals surface area (Å²) in [6.45, 7) is 4.00. The predicted molar refractivity (Wildman–Crippen MR) is 73.6 cm³/mol. The summed E-state index contributed by atoms with van der Waals surface area (Å²) in [6, 6.07) is 0. The van der Waals surface area contributed by atoms with Crippen molar-refractivity contribution in [2.75, 3.05) is 13.6 Å². The van der Waals surface area contributed by atoms with Crippen LogP contribution < -0.4 is 5.73 Å². The zero-order valence-electron chi connectivity index (χ0n) is 10.5. The van der Waals surface area contributed by atoms with Crippen LogP contribution in [0, 0.1) is 12.8 Å². The maximum atomic E-state index is 12.1. The van der Waals surface area contributed by atoms with Crippen molar-refractivity contribution in [3.8, 4) is 0 Å². The van der Waals surface area contributed by atoms with Crippen molar-refractivity contribution in [1.82, 2.24) is 4.90 Å². The van der Waals surface area contributed by atoms with Crippen LogP contribution in [0.5, 0.6) is 0 Å². The van der Waals surface area contributed by atoms with Crippen LogP contribution in [-0.2, 0) is 0 Å². The van der Waals surface area contributed by atoms with Gasteiger partial charge in [0.05, 0.1) is 5.02 Å². The smallest absolute Gasteiger partial charge is 0.265 e. The van der Waals surface area contributed by atoms with Crippen LogP contribution in [0.15, 0.2) is 10.5 Å². The van der Waals surface area contributed by atoms with Gasteiger partial charge < -0.3 is 15.8 Å². The van der Waals surface area contributed by atoms with Crippen molar-refractivity contribution < 1.29 is 10.0 Å². The molecule has 1 unspecified atom stereocenters. The Balaban J connectivity index is 2.76. The molecule has 1 amide bonds. The van der Waals surface area contributed by atoms with E-state index in [1.54, 1.807) is 14.0 Å². The number of oxime groups is 1. The van der Waals surface area contributed by atoms with Crippen molar-refractivity contribution in [2.24, 2.45) is 16.8 Å². The van der Waals surface area contributed by atoms with E-state index in [2.05, 4.69) is 5.16 Å². The molecule has 0 bridgehead atoms. The van der Waals surface area contributed by atoms with Gasteiger partial charge in [0.2, 0.25) is 0 Å². The molecule has 0 spiro atoms. The Morgan fingerprint density at radius 3 is 2.78 bits per heavy atom. The van der Waals surface area contributed by atoms with Gasteiger partial charge in [-0.3, -0.25) is 4.79 Å². The summed E-state index contributed by atoms with van der Waals surface area (Å²) in [5.41, 5.74) is 6.37. The number of thiophene rings is 1. The molecular formula is C11H16ClN3O2S. The standard InChI is InChI=1S/C11H16ClN3O2S/c1-6(10(13)14-17)4-15(3)11(16)9-8(12)7(2)5-18-9/h5-6,17H,4H2,1-3H3,(H2,13,14). The lowest BCUT2D eigenvalue weighted by Gasteiger charge is -2.20. The predicted octanol–water partition coefficient (Wildman–Crippen LogP) is 2.16. The fourth-order valence-corrected chi connectivity index (χ4v) is 2.70. The number of carbonyl (C=O) groups is 1. The van der Waals surface area contributed by atoms with Crippen LogP contribution in [0.25, 0.3) is 0 Å². The maximum Gasteiger partial charge on any atom is 0.265 e. The van der Waals surface area contributed by atoms with Gasteiger partial charge in [0, 0.05) is 19.5 Å². The van der Waals surface area contributed by atoms with Crippen LogP contribution in [0.4, 0.5) is 0 Å². The van der Waals surface area contributed by atoms with Crippen LogP contribution in [0.3, 0.4) is 0 Å². The Morgan fingerprint density at radius 2 is 2.33 bits per heavy atom. The van der Waals surface area contributed by atoms with E-state index in [4.69, 9.17) is 22.5 Å². The first kappa shape index (κ1) is 14.8. The number of rotatable bonds is 4. The second kappa shape index (κ2) is 6.06. The van der Waals surface area contributed by atoms with Crippen molar-refractivity contribution in [3.05, 3.63) is 20.8 Å². The average molecular weight is 290 g/mol. The Labute approximate surface area is 115 Å². The number of nitrogens with two attached hydrogens (primary N) is 1. The molecule has 0 aromatic carbocycles. The Kier molecular flexibility index (Phi) is 4.98. The van der Waals surface area contributed by atoms with Crippen molar-refractivity contribution >= 4 is 34.7 Å². The number of hydrogen-bond acceptors (Lipinski definition) is 4. The molecule has 1 rings (SSSR count). The van der Waals surface area contributed by atoms with Gasteiger partial charge in [-0.25, -0.2) is 0 Å². The fourth-order valence-electron chi connectivity index (χ4n) is 1.43. The highest BCUT2D eigenvalue weighted by molar-refractivity contribution is 7.13. The van der Waals surface area contributed by atoms with Crippen LogP contribution in [0.2, 0.25) is 5.02 Å². The quantitative estimate of drug-likeness (QED) is 0.386. The van der Waals surface area contributed by atoms with Crippen LogP contribution >= 0.6 is 22.9 Å². The van der Waals surface area contributed by atoms with Crippen LogP contribution in [0.1, 0.15) is 22.2 Å². The number of amidine groups is 1. The highest BCUT2D eigenvalue weighted by Gasteiger charge is 2.21.